The highest BCUT2D eigenvalue weighted by molar-refractivity contribution is 6.34. The van der Waals surface area contributed by atoms with E-state index in [-0.39, 0.29) is 15.9 Å². The molecule has 5 heteroatoms. The molecule has 1 unspecified atom stereocenters. The SMILES string of the molecule is CCCC(C)COC(=O)c1nc(Cl)ccc1Cl. The Bertz CT molecular complexity index is 396. The number of pyridine rings is 1. The molecule has 0 saturated heterocycles. The molecule has 17 heavy (non-hydrogen) atoms. The van der Waals surface area contributed by atoms with Gasteiger partial charge in [-0.15, -0.1) is 0 Å². The van der Waals surface area contributed by atoms with Crippen LogP contribution < -0.4 is 0 Å². The molecule has 0 spiro atoms. The first kappa shape index (κ1) is 14.3. The monoisotopic (exact) mass is 275 g/mol. The lowest BCUT2D eigenvalue weighted by Crippen LogP contribution is -2.13. The minimum atomic E-state index is -0.527. The van der Waals surface area contributed by atoms with Crippen LogP contribution in [0.25, 0.3) is 0 Å². The quantitative estimate of drug-likeness (QED) is 0.603. The summed E-state index contributed by atoms with van der Waals surface area (Å²) in [6, 6.07) is 3.06. The predicted octanol–water partition coefficient (Wildman–Crippen LogP) is 3.98. The number of rotatable bonds is 5. The zero-order valence-corrected chi connectivity index (χ0v) is 11.4. The van der Waals surface area contributed by atoms with Gasteiger partial charge in [0, 0.05) is 0 Å². The van der Waals surface area contributed by atoms with E-state index < -0.39 is 5.97 Å². The summed E-state index contributed by atoms with van der Waals surface area (Å²) in [6.45, 7) is 4.49. The molecule has 0 bridgehead atoms. The highest BCUT2D eigenvalue weighted by Crippen LogP contribution is 2.18. The van der Waals surface area contributed by atoms with Gasteiger partial charge < -0.3 is 4.74 Å². The summed E-state index contributed by atoms with van der Waals surface area (Å²) in [6.07, 6.45) is 2.08. The molecule has 0 fully saturated rings. The van der Waals surface area contributed by atoms with E-state index in [1.807, 2.05) is 6.92 Å². The van der Waals surface area contributed by atoms with E-state index in [9.17, 15) is 4.79 Å². The molecule has 3 nitrogen and oxygen atoms in total. The summed E-state index contributed by atoms with van der Waals surface area (Å²) < 4.78 is 5.13. The Hall–Kier alpha value is -0.800. The fourth-order valence-corrected chi connectivity index (χ4v) is 1.75. The minimum absolute atomic E-state index is 0.0721. The van der Waals surface area contributed by atoms with Crippen LogP contribution in [-0.4, -0.2) is 17.6 Å². The Kier molecular flexibility index (Phi) is 5.72. The fourth-order valence-electron chi connectivity index (χ4n) is 1.42. The van der Waals surface area contributed by atoms with Crippen molar-refractivity contribution in [1.29, 1.82) is 0 Å². The van der Waals surface area contributed by atoms with Crippen molar-refractivity contribution in [2.45, 2.75) is 26.7 Å². The molecule has 0 saturated carbocycles. The minimum Gasteiger partial charge on any atom is -0.461 e. The van der Waals surface area contributed by atoms with E-state index in [1.54, 1.807) is 0 Å². The van der Waals surface area contributed by atoms with Gasteiger partial charge in [-0.1, -0.05) is 43.5 Å². The predicted molar refractivity (Wildman–Crippen MR) is 68.6 cm³/mol. The third-order valence-corrected chi connectivity index (χ3v) is 2.80. The maximum atomic E-state index is 11.7. The van der Waals surface area contributed by atoms with Crippen LogP contribution in [0.2, 0.25) is 10.2 Å². The largest absolute Gasteiger partial charge is 0.461 e. The van der Waals surface area contributed by atoms with Crippen molar-refractivity contribution in [1.82, 2.24) is 4.98 Å². The maximum Gasteiger partial charge on any atom is 0.358 e. The molecule has 1 rings (SSSR count). The molecule has 1 atom stereocenters. The number of aromatic nitrogens is 1. The van der Waals surface area contributed by atoms with Crippen LogP contribution in [0.1, 0.15) is 37.2 Å². The lowest BCUT2D eigenvalue weighted by Gasteiger charge is -2.11. The molecule has 1 heterocycles. The Labute approximate surface area is 111 Å². The Morgan fingerprint density at radius 2 is 2.18 bits per heavy atom. The summed E-state index contributed by atoms with van der Waals surface area (Å²) in [4.78, 5) is 15.6. The van der Waals surface area contributed by atoms with Crippen molar-refractivity contribution in [3.05, 3.63) is 28.0 Å². The van der Waals surface area contributed by atoms with E-state index in [1.165, 1.54) is 12.1 Å². The van der Waals surface area contributed by atoms with Crippen LogP contribution in [0.5, 0.6) is 0 Å². The molecule has 0 aliphatic rings. The Morgan fingerprint density at radius 3 is 2.82 bits per heavy atom. The molecule has 0 aliphatic heterocycles. The summed E-state index contributed by atoms with van der Waals surface area (Å²) in [7, 11) is 0. The standard InChI is InChI=1S/C12H15Cl2NO2/c1-3-4-8(2)7-17-12(16)11-9(13)5-6-10(14)15-11/h5-6,8H,3-4,7H2,1-2H3. The molecule has 0 amide bonds. The molecule has 0 aliphatic carbocycles. The fraction of sp³-hybridized carbons (Fsp3) is 0.500. The highest BCUT2D eigenvalue weighted by atomic mass is 35.5. The summed E-state index contributed by atoms with van der Waals surface area (Å²) in [5, 5.41) is 0.477. The number of ether oxygens (including phenoxy) is 1. The van der Waals surface area contributed by atoms with Crippen molar-refractivity contribution >= 4 is 29.2 Å². The third kappa shape index (κ3) is 4.52. The van der Waals surface area contributed by atoms with Gasteiger partial charge in [-0.25, -0.2) is 9.78 Å². The van der Waals surface area contributed by atoms with Crippen LogP contribution in [0.3, 0.4) is 0 Å². The topological polar surface area (TPSA) is 39.2 Å². The van der Waals surface area contributed by atoms with E-state index in [0.717, 1.165) is 12.8 Å². The van der Waals surface area contributed by atoms with E-state index in [2.05, 4.69) is 11.9 Å². The van der Waals surface area contributed by atoms with Crippen LogP contribution in [-0.2, 0) is 4.74 Å². The van der Waals surface area contributed by atoms with Crippen molar-refractivity contribution in [2.24, 2.45) is 5.92 Å². The lowest BCUT2D eigenvalue weighted by atomic mass is 10.1. The highest BCUT2D eigenvalue weighted by Gasteiger charge is 2.15. The van der Waals surface area contributed by atoms with Gasteiger partial charge in [0.05, 0.1) is 11.6 Å². The summed E-state index contributed by atoms with van der Waals surface area (Å²) in [5.74, 6) is -0.192. The zero-order chi connectivity index (χ0) is 12.8. The van der Waals surface area contributed by atoms with Crippen LogP contribution >= 0.6 is 23.2 Å². The van der Waals surface area contributed by atoms with Gasteiger partial charge in [0.1, 0.15) is 5.15 Å². The summed E-state index contributed by atoms with van der Waals surface area (Å²) >= 11 is 11.5. The number of carbonyl (C=O) groups is 1. The van der Waals surface area contributed by atoms with Crippen molar-refractivity contribution in [2.75, 3.05) is 6.61 Å². The smallest absolute Gasteiger partial charge is 0.358 e. The van der Waals surface area contributed by atoms with Gasteiger partial charge in [-0.2, -0.15) is 0 Å². The average Bonchev–Trinajstić information content (AvgIpc) is 2.29. The molecule has 0 radical (unpaired) electrons. The van der Waals surface area contributed by atoms with Crippen molar-refractivity contribution < 1.29 is 9.53 Å². The van der Waals surface area contributed by atoms with Gasteiger partial charge in [0.15, 0.2) is 5.69 Å². The molecular weight excluding hydrogens is 261 g/mol. The third-order valence-electron chi connectivity index (χ3n) is 2.29. The zero-order valence-electron chi connectivity index (χ0n) is 9.87. The second-order valence-electron chi connectivity index (χ2n) is 3.96. The molecule has 0 N–H and O–H groups in total. The van der Waals surface area contributed by atoms with Gasteiger partial charge >= 0.3 is 5.97 Å². The number of carbonyl (C=O) groups excluding carboxylic acids is 1. The van der Waals surface area contributed by atoms with Gasteiger partial charge in [-0.05, 0) is 24.5 Å². The van der Waals surface area contributed by atoms with E-state index in [4.69, 9.17) is 27.9 Å². The number of hydrogen-bond acceptors (Lipinski definition) is 3. The van der Waals surface area contributed by atoms with Crippen molar-refractivity contribution in [3.63, 3.8) is 0 Å². The first-order valence-electron chi connectivity index (χ1n) is 5.53. The van der Waals surface area contributed by atoms with Gasteiger partial charge in [-0.3, -0.25) is 0 Å². The molecule has 94 valence electrons. The molecule has 1 aromatic rings. The van der Waals surface area contributed by atoms with Crippen LogP contribution in [0.4, 0.5) is 0 Å². The number of nitrogens with zero attached hydrogens (tertiary/aromatic N) is 1. The van der Waals surface area contributed by atoms with Crippen LogP contribution in [0.15, 0.2) is 12.1 Å². The average molecular weight is 276 g/mol. The summed E-state index contributed by atoms with van der Waals surface area (Å²) in [5.41, 5.74) is 0.0721. The normalized spacial score (nSPS) is 12.2. The van der Waals surface area contributed by atoms with Crippen LogP contribution in [0, 0.1) is 5.92 Å². The second kappa shape index (κ2) is 6.82. The Morgan fingerprint density at radius 1 is 1.47 bits per heavy atom. The molecular formula is C12H15Cl2NO2. The number of hydrogen-bond donors (Lipinski definition) is 0. The maximum absolute atomic E-state index is 11.7. The van der Waals surface area contributed by atoms with E-state index in [0.29, 0.717) is 12.5 Å². The number of esters is 1. The first-order valence-corrected chi connectivity index (χ1v) is 6.29. The number of halogens is 2. The van der Waals surface area contributed by atoms with Crippen molar-refractivity contribution in [3.8, 4) is 0 Å². The first-order chi connectivity index (χ1) is 8.04. The van der Waals surface area contributed by atoms with E-state index >= 15 is 0 Å². The molecule has 1 aromatic heterocycles. The lowest BCUT2D eigenvalue weighted by molar-refractivity contribution is 0.0437. The Balaban J connectivity index is 2.61. The van der Waals surface area contributed by atoms with Gasteiger partial charge in [0.25, 0.3) is 0 Å². The molecule has 0 aromatic carbocycles. The van der Waals surface area contributed by atoms with Gasteiger partial charge in [0.2, 0.25) is 0 Å². The second-order valence-corrected chi connectivity index (χ2v) is 4.75.